The van der Waals surface area contributed by atoms with Crippen LogP contribution in [-0.2, 0) is 9.59 Å². The van der Waals surface area contributed by atoms with Gasteiger partial charge in [-0.3, -0.25) is 9.59 Å². The van der Waals surface area contributed by atoms with E-state index >= 15 is 0 Å². The van der Waals surface area contributed by atoms with Crippen LogP contribution in [0.4, 0.5) is 5.13 Å². The van der Waals surface area contributed by atoms with Crippen LogP contribution in [0.3, 0.4) is 0 Å². The van der Waals surface area contributed by atoms with Gasteiger partial charge < -0.3 is 20.0 Å². The van der Waals surface area contributed by atoms with Gasteiger partial charge in [0.2, 0.25) is 11.8 Å². The van der Waals surface area contributed by atoms with Crippen molar-refractivity contribution in [3.05, 3.63) is 46.1 Å². The van der Waals surface area contributed by atoms with E-state index in [1.165, 1.54) is 11.3 Å². The van der Waals surface area contributed by atoms with Crippen molar-refractivity contribution in [3.63, 3.8) is 0 Å². The molecule has 29 heavy (non-hydrogen) atoms. The number of nitrogens with two attached hydrogens (primary N) is 1. The van der Waals surface area contributed by atoms with Crippen molar-refractivity contribution in [2.75, 3.05) is 31.5 Å². The lowest BCUT2D eigenvalue weighted by Crippen LogP contribution is -2.89. The summed E-state index contributed by atoms with van der Waals surface area (Å²) in [6.07, 6.45) is 0.282. The minimum Gasteiger partial charge on any atom is -0.422 e. The molecule has 0 bridgehead atoms. The Kier molecular flexibility index (Phi) is 5.68. The standard InChI is InChI=1S/C20H20N4O4S/c25-17(5-6-18(26)24-9-7-21-8-10-24)23-20-22-15(12-29-20)14-11-13-3-1-2-4-16(13)28-19(14)27/h1-4,11-12,21H,5-10H2,(H,22,23,25)/p+1. The van der Waals surface area contributed by atoms with Gasteiger partial charge in [-0.2, -0.15) is 0 Å². The molecule has 2 amide bonds. The van der Waals surface area contributed by atoms with Crippen molar-refractivity contribution in [2.45, 2.75) is 12.8 Å². The Hall–Kier alpha value is -3.04. The minimum atomic E-state index is -0.476. The van der Waals surface area contributed by atoms with Gasteiger partial charge in [0.05, 0.1) is 37.4 Å². The van der Waals surface area contributed by atoms with Gasteiger partial charge in [0.25, 0.3) is 0 Å². The van der Waals surface area contributed by atoms with Crippen molar-refractivity contribution in [2.24, 2.45) is 0 Å². The number of benzene rings is 1. The predicted molar refractivity (Wildman–Crippen MR) is 110 cm³/mol. The zero-order valence-electron chi connectivity index (χ0n) is 15.7. The summed E-state index contributed by atoms with van der Waals surface area (Å²) in [6.45, 7) is 3.26. The monoisotopic (exact) mass is 413 g/mol. The third kappa shape index (κ3) is 4.52. The summed E-state index contributed by atoms with van der Waals surface area (Å²) in [4.78, 5) is 42.7. The van der Waals surface area contributed by atoms with Crippen LogP contribution < -0.4 is 16.3 Å². The van der Waals surface area contributed by atoms with Crippen LogP contribution in [0.5, 0.6) is 0 Å². The van der Waals surface area contributed by atoms with Gasteiger partial charge in [-0.05, 0) is 12.1 Å². The van der Waals surface area contributed by atoms with E-state index in [1.54, 1.807) is 28.5 Å². The van der Waals surface area contributed by atoms with Gasteiger partial charge >= 0.3 is 5.63 Å². The summed E-state index contributed by atoms with van der Waals surface area (Å²) in [6, 6.07) is 8.99. The number of anilines is 1. The normalized spacial score (nSPS) is 14.1. The van der Waals surface area contributed by atoms with E-state index in [-0.39, 0.29) is 24.7 Å². The van der Waals surface area contributed by atoms with Crippen molar-refractivity contribution >= 4 is 39.3 Å². The largest absolute Gasteiger partial charge is 0.422 e. The number of quaternary nitrogens is 1. The van der Waals surface area contributed by atoms with Crippen LogP contribution in [0.25, 0.3) is 22.2 Å². The lowest BCUT2D eigenvalue weighted by atomic mass is 10.1. The molecule has 0 aliphatic carbocycles. The van der Waals surface area contributed by atoms with Crippen LogP contribution in [0, 0.1) is 0 Å². The molecule has 150 valence electrons. The summed E-state index contributed by atoms with van der Waals surface area (Å²) in [7, 11) is 0. The highest BCUT2D eigenvalue weighted by Crippen LogP contribution is 2.25. The third-order valence-corrected chi connectivity index (χ3v) is 5.55. The number of amides is 2. The molecule has 9 heteroatoms. The number of para-hydroxylation sites is 1. The number of piperazine rings is 1. The zero-order valence-corrected chi connectivity index (χ0v) is 16.5. The van der Waals surface area contributed by atoms with Crippen LogP contribution >= 0.6 is 11.3 Å². The van der Waals surface area contributed by atoms with Crippen molar-refractivity contribution < 1.29 is 19.3 Å². The number of carbonyl (C=O) groups excluding carboxylic acids is 2. The summed E-state index contributed by atoms with van der Waals surface area (Å²) >= 11 is 1.23. The second-order valence-electron chi connectivity index (χ2n) is 6.82. The maximum atomic E-state index is 12.3. The molecular weight excluding hydrogens is 392 g/mol. The first kappa shape index (κ1) is 19.3. The zero-order chi connectivity index (χ0) is 20.2. The average Bonchev–Trinajstić information content (AvgIpc) is 3.20. The number of rotatable bonds is 5. The molecule has 0 unspecified atom stereocenters. The number of fused-ring (bicyclic) bond motifs is 1. The summed E-state index contributed by atoms with van der Waals surface area (Å²) in [5, 5.41) is 7.77. The number of carbonyl (C=O) groups is 2. The highest BCUT2D eigenvalue weighted by atomic mass is 32.1. The van der Waals surface area contributed by atoms with Gasteiger partial charge in [-0.1, -0.05) is 18.2 Å². The Bertz CT molecular complexity index is 1100. The average molecular weight is 413 g/mol. The predicted octanol–water partition coefficient (Wildman–Crippen LogP) is 1.04. The smallest absolute Gasteiger partial charge is 0.345 e. The molecule has 0 spiro atoms. The van der Waals surface area contributed by atoms with Crippen LogP contribution in [0.15, 0.2) is 44.9 Å². The van der Waals surface area contributed by atoms with E-state index in [4.69, 9.17) is 4.42 Å². The summed E-state index contributed by atoms with van der Waals surface area (Å²) in [5.41, 5.74) is 0.834. The van der Waals surface area contributed by atoms with Crippen LogP contribution in [0.1, 0.15) is 12.8 Å². The first-order valence-corrected chi connectivity index (χ1v) is 10.4. The van der Waals surface area contributed by atoms with Crippen molar-refractivity contribution in [1.29, 1.82) is 0 Å². The van der Waals surface area contributed by atoms with E-state index in [9.17, 15) is 14.4 Å². The quantitative estimate of drug-likeness (QED) is 0.608. The number of hydrogen-bond donors (Lipinski definition) is 2. The molecule has 2 aromatic heterocycles. The lowest BCUT2D eigenvalue weighted by Gasteiger charge is -2.25. The number of thiazole rings is 1. The van der Waals surface area contributed by atoms with E-state index < -0.39 is 5.63 Å². The Morgan fingerprint density at radius 1 is 1.21 bits per heavy atom. The number of aromatic nitrogens is 1. The fraction of sp³-hybridized carbons (Fsp3) is 0.300. The van der Waals surface area contributed by atoms with Crippen LogP contribution in [-0.4, -0.2) is 47.9 Å². The Labute approximate surface area is 170 Å². The fourth-order valence-corrected chi connectivity index (χ4v) is 3.98. The van der Waals surface area contributed by atoms with Crippen molar-refractivity contribution in [1.82, 2.24) is 9.88 Å². The molecule has 0 saturated carbocycles. The van der Waals surface area contributed by atoms with Crippen LogP contribution in [0.2, 0.25) is 0 Å². The molecule has 1 saturated heterocycles. The minimum absolute atomic E-state index is 0.00171. The SMILES string of the molecule is O=C(CCC(=O)N1CC[NH2+]CC1)Nc1nc(-c2cc3ccccc3oc2=O)cs1. The first-order chi connectivity index (χ1) is 14.1. The molecule has 0 atom stereocenters. The molecule has 1 aromatic carbocycles. The number of hydrogen-bond acceptors (Lipinski definition) is 6. The van der Waals surface area contributed by atoms with Gasteiger partial charge in [-0.15, -0.1) is 11.3 Å². The molecule has 0 radical (unpaired) electrons. The second kappa shape index (κ2) is 8.54. The van der Waals surface area contributed by atoms with E-state index in [0.717, 1.165) is 31.6 Å². The molecule has 1 fully saturated rings. The molecule has 1 aliphatic heterocycles. The Morgan fingerprint density at radius 2 is 2.00 bits per heavy atom. The first-order valence-electron chi connectivity index (χ1n) is 9.48. The summed E-state index contributed by atoms with van der Waals surface area (Å²) in [5.74, 6) is -0.268. The van der Waals surface area contributed by atoms with Gasteiger partial charge in [-0.25, -0.2) is 9.78 Å². The van der Waals surface area contributed by atoms with Gasteiger partial charge in [0, 0.05) is 23.6 Å². The molecule has 1 aliphatic rings. The molecule has 3 N–H and O–H groups in total. The lowest BCUT2D eigenvalue weighted by molar-refractivity contribution is -0.662. The highest BCUT2D eigenvalue weighted by molar-refractivity contribution is 7.14. The number of nitrogens with one attached hydrogen (secondary N) is 1. The van der Waals surface area contributed by atoms with Crippen molar-refractivity contribution in [3.8, 4) is 11.3 Å². The fourth-order valence-electron chi connectivity index (χ4n) is 3.26. The molecule has 3 heterocycles. The molecule has 3 aromatic rings. The second-order valence-corrected chi connectivity index (χ2v) is 7.68. The maximum Gasteiger partial charge on any atom is 0.345 e. The van der Waals surface area contributed by atoms with E-state index in [1.807, 2.05) is 12.1 Å². The van der Waals surface area contributed by atoms with E-state index in [0.29, 0.717) is 22.0 Å². The molecular formula is C20H21N4O4S+. The molecule has 4 rings (SSSR count). The Morgan fingerprint density at radius 3 is 2.83 bits per heavy atom. The topological polar surface area (TPSA) is 109 Å². The van der Waals surface area contributed by atoms with Gasteiger partial charge in [0.15, 0.2) is 5.13 Å². The highest BCUT2D eigenvalue weighted by Gasteiger charge is 2.19. The number of nitrogens with zero attached hydrogens (tertiary/aromatic N) is 2. The van der Waals surface area contributed by atoms with Gasteiger partial charge in [0.1, 0.15) is 5.58 Å². The third-order valence-electron chi connectivity index (χ3n) is 4.79. The van der Waals surface area contributed by atoms with E-state index in [2.05, 4.69) is 15.6 Å². The molecule has 8 nitrogen and oxygen atoms in total. The summed E-state index contributed by atoms with van der Waals surface area (Å²) < 4.78 is 5.34. The Balaban J connectivity index is 1.39. The maximum absolute atomic E-state index is 12.3.